The fourth-order valence-electron chi connectivity index (χ4n) is 4.06. The smallest absolute Gasteiger partial charge is 0.262 e. The number of para-hydroxylation sites is 1. The number of hydrogen-bond donors (Lipinski definition) is 2. The third-order valence-electron chi connectivity index (χ3n) is 6.33. The van der Waals surface area contributed by atoms with Gasteiger partial charge >= 0.3 is 0 Å². The van der Waals surface area contributed by atoms with Crippen LogP contribution in [0, 0.1) is 18.8 Å². The number of sulfonamides is 2. The van der Waals surface area contributed by atoms with E-state index < -0.39 is 26.0 Å². The van der Waals surface area contributed by atoms with Gasteiger partial charge in [-0.15, -0.1) is 10.2 Å². The molecule has 1 fully saturated rings. The van der Waals surface area contributed by atoms with Gasteiger partial charge < -0.3 is 20.7 Å². The summed E-state index contributed by atoms with van der Waals surface area (Å²) in [6.45, 7) is 3.15. The second kappa shape index (κ2) is 13.3. The number of nitrogens with one attached hydrogen (secondary N) is 1. The topological polar surface area (TPSA) is 194 Å². The quantitative estimate of drug-likeness (QED) is 0.303. The molecule has 0 radical (unpaired) electrons. The summed E-state index contributed by atoms with van der Waals surface area (Å²) in [5.41, 5.74) is 6.30. The Bertz CT molecular complexity index is 1750. The van der Waals surface area contributed by atoms with Crippen molar-refractivity contribution < 1.29 is 26.4 Å². The molecule has 3 N–H and O–H groups in total. The molecule has 15 nitrogen and oxygen atoms in total. The fourth-order valence-corrected chi connectivity index (χ4v) is 5.87. The minimum atomic E-state index is -3.98. The summed E-state index contributed by atoms with van der Waals surface area (Å²) in [5.74, 6) is 5.62. The van der Waals surface area contributed by atoms with E-state index in [9.17, 15) is 21.6 Å². The molecule has 0 unspecified atom stereocenters. The molecule has 228 valence electrons. The number of aryl methyl sites for hydroxylation is 1. The highest BCUT2D eigenvalue weighted by molar-refractivity contribution is 7.92. The van der Waals surface area contributed by atoms with Crippen LogP contribution in [0.15, 0.2) is 47.5 Å². The first-order valence-corrected chi connectivity index (χ1v) is 16.3. The summed E-state index contributed by atoms with van der Waals surface area (Å²) in [7, 11) is -6.26. The molecule has 1 aliphatic heterocycles. The van der Waals surface area contributed by atoms with Crippen LogP contribution in [0.1, 0.15) is 16.1 Å². The van der Waals surface area contributed by atoms with Crippen molar-refractivity contribution in [3.05, 3.63) is 53.7 Å². The lowest BCUT2D eigenvalue weighted by Gasteiger charge is -2.33. The first kappa shape index (κ1) is 31.6. The Morgan fingerprint density at radius 3 is 2.42 bits per heavy atom. The molecule has 3 heterocycles. The lowest BCUT2D eigenvalue weighted by atomic mass is 10.1. The maximum atomic E-state index is 13.3. The van der Waals surface area contributed by atoms with Gasteiger partial charge in [0.2, 0.25) is 21.9 Å². The van der Waals surface area contributed by atoms with Crippen LogP contribution in [0.4, 0.5) is 17.5 Å². The van der Waals surface area contributed by atoms with E-state index in [0.717, 1.165) is 10.6 Å². The highest BCUT2D eigenvalue weighted by atomic mass is 32.2. The zero-order chi connectivity index (χ0) is 31.2. The molecule has 0 bridgehead atoms. The average Bonchev–Trinajstić information content (AvgIpc) is 2.98. The van der Waals surface area contributed by atoms with Crippen LogP contribution in [0.3, 0.4) is 0 Å². The summed E-state index contributed by atoms with van der Waals surface area (Å²) < 4.78 is 58.3. The van der Waals surface area contributed by atoms with Crippen molar-refractivity contribution in [1.82, 2.24) is 24.5 Å². The third kappa shape index (κ3) is 7.73. The van der Waals surface area contributed by atoms with Gasteiger partial charge in [0.15, 0.2) is 17.5 Å². The Labute approximate surface area is 250 Å². The van der Waals surface area contributed by atoms with Crippen LogP contribution in [0.2, 0.25) is 0 Å². The van der Waals surface area contributed by atoms with Gasteiger partial charge in [0.05, 0.1) is 24.1 Å². The van der Waals surface area contributed by atoms with Gasteiger partial charge in [-0.05, 0) is 31.2 Å². The number of carbonyl (C=O) groups excluding carboxylic acids is 1. The van der Waals surface area contributed by atoms with Gasteiger partial charge in [-0.25, -0.2) is 21.8 Å². The number of carbonyl (C=O) groups is 1. The lowest BCUT2D eigenvalue weighted by molar-refractivity contribution is 0.102. The number of nitrogens with zero attached hydrogens (tertiary/aromatic N) is 7. The van der Waals surface area contributed by atoms with E-state index >= 15 is 0 Å². The zero-order valence-electron chi connectivity index (χ0n) is 23.8. The first-order chi connectivity index (χ1) is 20.4. The molecule has 0 atom stereocenters. The van der Waals surface area contributed by atoms with Crippen LogP contribution in [0.5, 0.6) is 5.88 Å². The second-order valence-corrected chi connectivity index (χ2v) is 13.2. The van der Waals surface area contributed by atoms with E-state index in [1.54, 1.807) is 18.2 Å². The van der Waals surface area contributed by atoms with Crippen molar-refractivity contribution >= 4 is 43.4 Å². The first-order valence-electron chi connectivity index (χ1n) is 13.0. The van der Waals surface area contributed by atoms with Gasteiger partial charge in [0, 0.05) is 45.0 Å². The second-order valence-electron chi connectivity index (χ2n) is 9.34. The highest BCUT2D eigenvalue weighted by Crippen LogP contribution is 2.23. The van der Waals surface area contributed by atoms with Gasteiger partial charge in [-0.2, -0.15) is 9.29 Å². The molecule has 3 aromatic rings. The van der Waals surface area contributed by atoms with Crippen molar-refractivity contribution in [3.63, 3.8) is 0 Å². The predicted molar refractivity (Wildman–Crippen MR) is 160 cm³/mol. The number of benzene rings is 1. The van der Waals surface area contributed by atoms with E-state index in [1.807, 2.05) is 11.8 Å². The molecule has 1 saturated heterocycles. The summed E-state index contributed by atoms with van der Waals surface area (Å²) >= 11 is 0. The lowest BCUT2D eigenvalue weighted by Crippen LogP contribution is -2.49. The monoisotopic (exact) mass is 629 g/mol. The maximum Gasteiger partial charge on any atom is 0.262 e. The number of amides is 1. The average molecular weight is 630 g/mol. The number of ether oxygens (including phenoxy) is 1. The predicted octanol–water partition coefficient (Wildman–Crippen LogP) is 0.0749. The fraction of sp³-hybridized carbons (Fsp3) is 0.346. The number of aromatic nitrogens is 4. The number of piperazine rings is 1. The van der Waals surface area contributed by atoms with Gasteiger partial charge in [0.25, 0.3) is 15.9 Å². The molecular formula is C26H31N9O6S2. The highest BCUT2D eigenvalue weighted by Gasteiger charge is 2.31. The Kier molecular flexibility index (Phi) is 9.76. The molecule has 2 aromatic heterocycles. The van der Waals surface area contributed by atoms with Crippen LogP contribution < -0.4 is 25.0 Å². The van der Waals surface area contributed by atoms with Crippen molar-refractivity contribution in [2.75, 3.05) is 67.2 Å². The molecule has 4 rings (SSSR count). The third-order valence-corrected chi connectivity index (χ3v) is 9.31. The molecule has 1 aromatic carbocycles. The molecular weight excluding hydrogens is 598 g/mol. The standard InChI is InChI=1S/C26H31N9O6S2/c1-19-18-23(41-17-7-6-12-27)30-26(28-19)34-13-15-35(16-14-34)43(39,40)24-11-10-22(31-32-24)29-25(36)20-8-4-5-9-21(20)33(2)42(3,37)38/h4-5,8-11,18H,12-17,27H2,1-3H3,(H,29,31,36). The van der Waals surface area contributed by atoms with Crippen LogP contribution >= 0.6 is 0 Å². The molecule has 43 heavy (non-hydrogen) atoms. The van der Waals surface area contributed by atoms with E-state index in [-0.39, 0.29) is 48.3 Å². The van der Waals surface area contributed by atoms with Crippen LogP contribution in [0.25, 0.3) is 0 Å². The number of rotatable bonds is 9. The van der Waals surface area contributed by atoms with E-state index in [4.69, 9.17) is 10.5 Å². The van der Waals surface area contributed by atoms with Gasteiger partial charge in [-0.1, -0.05) is 24.0 Å². The van der Waals surface area contributed by atoms with Crippen molar-refractivity contribution in [1.29, 1.82) is 0 Å². The zero-order valence-corrected chi connectivity index (χ0v) is 25.4. The maximum absolute atomic E-state index is 13.3. The van der Waals surface area contributed by atoms with Crippen LogP contribution in [-0.2, 0) is 20.0 Å². The van der Waals surface area contributed by atoms with Crippen molar-refractivity contribution in [2.45, 2.75) is 11.9 Å². The van der Waals surface area contributed by atoms with Gasteiger partial charge in [0.1, 0.15) is 0 Å². The van der Waals surface area contributed by atoms with Crippen molar-refractivity contribution in [2.24, 2.45) is 5.73 Å². The summed E-state index contributed by atoms with van der Waals surface area (Å²) in [6.07, 6.45) is 1.02. The minimum absolute atomic E-state index is 0.00536. The molecule has 1 amide bonds. The number of nitrogens with two attached hydrogens (primary N) is 1. The normalized spacial score (nSPS) is 14.0. The Hall–Kier alpha value is -4.37. The molecule has 0 aliphatic carbocycles. The molecule has 0 spiro atoms. The number of hydrogen-bond acceptors (Lipinski definition) is 12. The van der Waals surface area contributed by atoms with Gasteiger partial charge in [-0.3, -0.25) is 9.10 Å². The molecule has 0 saturated carbocycles. The van der Waals surface area contributed by atoms with E-state index in [2.05, 4.69) is 37.3 Å². The Morgan fingerprint density at radius 1 is 1.05 bits per heavy atom. The van der Waals surface area contributed by atoms with E-state index in [1.165, 1.54) is 35.6 Å². The SMILES string of the molecule is Cc1cc(OCC#CCN)nc(N2CCN(S(=O)(=O)c3ccc(NC(=O)c4ccccc4N(C)S(C)(=O)=O)nn3)CC2)n1. The Morgan fingerprint density at radius 2 is 1.77 bits per heavy atom. The Balaban J connectivity index is 1.40. The summed E-state index contributed by atoms with van der Waals surface area (Å²) in [6, 6.07) is 10.4. The summed E-state index contributed by atoms with van der Waals surface area (Å²) in [4.78, 5) is 23.6. The van der Waals surface area contributed by atoms with Crippen LogP contribution in [-0.4, -0.2) is 99.8 Å². The summed E-state index contributed by atoms with van der Waals surface area (Å²) in [5, 5.41) is 9.95. The largest absolute Gasteiger partial charge is 0.464 e. The minimum Gasteiger partial charge on any atom is -0.464 e. The van der Waals surface area contributed by atoms with E-state index in [0.29, 0.717) is 30.6 Å². The molecule has 1 aliphatic rings. The molecule has 17 heteroatoms. The number of anilines is 3. The van der Waals surface area contributed by atoms with Crippen molar-refractivity contribution in [3.8, 4) is 17.7 Å².